The molecule has 1 aromatic rings. The zero-order chi connectivity index (χ0) is 9.59. The number of fused-ring (bicyclic) bond motifs is 1. The van der Waals surface area contributed by atoms with Crippen molar-refractivity contribution in [2.24, 2.45) is 0 Å². The molecule has 1 aliphatic heterocycles. The van der Waals surface area contributed by atoms with E-state index in [0.29, 0.717) is 0 Å². The first-order valence-electron chi connectivity index (χ1n) is 3.57. The van der Waals surface area contributed by atoms with Gasteiger partial charge >= 0.3 is 0 Å². The fourth-order valence-electron chi connectivity index (χ4n) is 1.21. The number of carbonyl (C=O) groups excluding carboxylic acids is 1. The second-order valence-electron chi connectivity index (χ2n) is 2.69. The van der Waals surface area contributed by atoms with Crippen molar-refractivity contribution in [1.29, 1.82) is 0 Å². The topological polar surface area (TPSA) is 66.8 Å². The Kier molecular flexibility index (Phi) is 1.33. The van der Waals surface area contributed by atoms with E-state index in [9.17, 15) is 9.90 Å². The van der Waals surface area contributed by atoms with E-state index in [4.69, 9.17) is 9.84 Å². The maximum absolute atomic E-state index is 11.3. The van der Waals surface area contributed by atoms with Crippen LogP contribution < -0.4 is 4.74 Å². The molecule has 1 aromatic carbocycles. The molecule has 0 saturated heterocycles. The van der Waals surface area contributed by atoms with Crippen LogP contribution in [0.4, 0.5) is 0 Å². The molecule has 1 heterocycles. The van der Waals surface area contributed by atoms with Crippen molar-refractivity contribution in [3.05, 3.63) is 30.0 Å². The number of ketones is 1. The van der Waals surface area contributed by atoms with E-state index in [2.05, 4.69) is 6.58 Å². The normalized spacial score (nSPS) is 14.2. The summed E-state index contributed by atoms with van der Waals surface area (Å²) in [4.78, 5) is 11.3. The minimum absolute atomic E-state index is 0.0455. The van der Waals surface area contributed by atoms with E-state index in [1.807, 2.05) is 0 Å². The minimum Gasteiger partial charge on any atom is -0.508 e. The second-order valence-corrected chi connectivity index (χ2v) is 2.69. The molecule has 4 nitrogen and oxygen atoms in total. The lowest BCUT2D eigenvalue weighted by Gasteiger charge is -1.99. The van der Waals surface area contributed by atoms with E-state index >= 15 is 0 Å². The van der Waals surface area contributed by atoms with Crippen LogP contribution in [-0.4, -0.2) is 16.0 Å². The second kappa shape index (κ2) is 2.26. The molecule has 0 fully saturated rings. The van der Waals surface area contributed by atoms with Gasteiger partial charge in [0.05, 0.1) is 0 Å². The van der Waals surface area contributed by atoms with Crippen molar-refractivity contribution < 1.29 is 19.7 Å². The number of Topliss-reactive ketones (excluding diaryl/α,β-unsaturated/α-hetero) is 1. The van der Waals surface area contributed by atoms with Gasteiger partial charge in [0.25, 0.3) is 0 Å². The number of phenols is 2. The van der Waals surface area contributed by atoms with Gasteiger partial charge in [-0.05, 0) is 0 Å². The summed E-state index contributed by atoms with van der Waals surface area (Å²) in [6, 6.07) is 2.34. The monoisotopic (exact) mass is 178 g/mol. The Hall–Kier alpha value is -1.97. The van der Waals surface area contributed by atoms with Crippen LogP contribution in [0.5, 0.6) is 17.2 Å². The van der Waals surface area contributed by atoms with E-state index in [1.165, 1.54) is 6.07 Å². The predicted octanol–water partition coefficient (Wildman–Crippen LogP) is 1.19. The zero-order valence-corrected chi connectivity index (χ0v) is 6.57. The number of hydrogen-bond donors (Lipinski definition) is 2. The maximum atomic E-state index is 11.3. The molecule has 0 bridgehead atoms. The quantitative estimate of drug-likeness (QED) is 0.585. The van der Waals surface area contributed by atoms with E-state index in [-0.39, 0.29) is 28.6 Å². The summed E-state index contributed by atoms with van der Waals surface area (Å²) in [6.07, 6.45) is 0. The van der Waals surface area contributed by atoms with Gasteiger partial charge in [-0.3, -0.25) is 4.79 Å². The first-order valence-corrected chi connectivity index (χ1v) is 3.57. The highest BCUT2D eigenvalue weighted by atomic mass is 16.5. The average molecular weight is 178 g/mol. The number of phenolic OH excluding ortho intramolecular Hbond substituents is 2. The van der Waals surface area contributed by atoms with Crippen LogP contribution in [0.15, 0.2) is 24.5 Å². The molecule has 1 aliphatic rings. The molecule has 66 valence electrons. The van der Waals surface area contributed by atoms with Crippen LogP contribution in [0.2, 0.25) is 0 Å². The molecule has 0 atom stereocenters. The van der Waals surface area contributed by atoms with Crippen LogP contribution in [0.3, 0.4) is 0 Å². The molecular weight excluding hydrogens is 172 g/mol. The van der Waals surface area contributed by atoms with Crippen molar-refractivity contribution in [1.82, 2.24) is 0 Å². The number of benzene rings is 1. The van der Waals surface area contributed by atoms with Gasteiger partial charge in [0.15, 0.2) is 5.76 Å². The number of aromatic hydroxyl groups is 2. The third-order valence-electron chi connectivity index (χ3n) is 1.78. The number of ether oxygens (including phenoxy) is 1. The summed E-state index contributed by atoms with van der Waals surface area (Å²) in [5, 5.41) is 18.4. The van der Waals surface area contributed by atoms with E-state index < -0.39 is 5.78 Å². The van der Waals surface area contributed by atoms with Gasteiger partial charge < -0.3 is 14.9 Å². The first-order chi connectivity index (χ1) is 6.09. The van der Waals surface area contributed by atoms with Crippen LogP contribution in [-0.2, 0) is 0 Å². The van der Waals surface area contributed by atoms with Crippen LogP contribution >= 0.6 is 0 Å². The van der Waals surface area contributed by atoms with Gasteiger partial charge in [-0.1, -0.05) is 6.58 Å². The molecule has 0 saturated carbocycles. The SMILES string of the molecule is C=C1Oc2cc(O)cc(O)c2C1=O. The molecule has 2 N–H and O–H groups in total. The van der Waals surface area contributed by atoms with Crippen molar-refractivity contribution in [3.63, 3.8) is 0 Å². The Bertz CT molecular complexity index is 420. The Morgan fingerprint density at radius 3 is 2.69 bits per heavy atom. The summed E-state index contributed by atoms with van der Waals surface area (Å²) >= 11 is 0. The molecular formula is C9H6O4. The predicted molar refractivity (Wildman–Crippen MR) is 43.9 cm³/mol. The lowest BCUT2D eigenvalue weighted by molar-refractivity contribution is 0.101. The van der Waals surface area contributed by atoms with Crippen molar-refractivity contribution in [2.75, 3.05) is 0 Å². The number of hydrogen-bond acceptors (Lipinski definition) is 4. The fraction of sp³-hybridized carbons (Fsp3) is 0. The molecule has 13 heavy (non-hydrogen) atoms. The summed E-state index contributed by atoms with van der Waals surface area (Å²) < 4.78 is 4.92. The molecule has 2 rings (SSSR count). The lowest BCUT2D eigenvalue weighted by atomic mass is 10.1. The summed E-state index contributed by atoms with van der Waals surface area (Å²) in [5.74, 6) is -0.798. The fourth-order valence-corrected chi connectivity index (χ4v) is 1.21. The minimum atomic E-state index is -0.451. The molecule has 0 spiro atoms. The highest BCUT2D eigenvalue weighted by Crippen LogP contribution is 2.39. The highest BCUT2D eigenvalue weighted by Gasteiger charge is 2.29. The van der Waals surface area contributed by atoms with Crippen LogP contribution in [0.1, 0.15) is 10.4 Å². The van der Waals surface area contributed by atoms with Gasteiger partial charge in [-0.25, -0.2) is 0 Å². The smallest absolute Gasteiger partial charge is 0.235 e. The molecule has 0 unspecified atom stereocenters. The highest BCUT2D eigenvalue weighted by molar-refractivity contribution is 6.13. The maximum Gasteiger partial charge on any atom is 0.235 e. The lowest BCUT2D eigenvalue weighted by Crippen LogP contribution is -1.95. The van der Waals surface area contributed by atoms with E-state index in [0.717, 1.165) is 6.07 Å². The van der Waals surface area contributed by atoms with Gasteiger partial charge in [0.1, 0.15) is 22.8 Å². The molecule has 0 amide bonds. The van der Waals surface area contributed by atoms with Crippen molar-refractivity contribution in [3.8, 4) is 17.2 Å². The third kappa shape index (κ3) is 0.955. The third-order valence-corrected chi connectivity index (χ3v) is 1.78. The van der Waals surface area contributed by atoms with Gasteiger partial charge in [-0.15, -0.1) is 0 Å². The van der Waals surface area contributed by atoms with Gasteiger partial charge in [0, 0.05) is 12.1 Å². The molecule has 0 aliphatic carbocycles. The number of rotatable bonds is 0. The summed E-state index contributed by atoms with van der Waals surface area (Å²) in [6.45, 7) is 3.36. The average Bonchev–Trinajstić information content (AvgIpc) is 2.27. The van der Waals surface area contributed by atoms with Gasteiger partial charge in [0.2, 0.25) is 5.78 Å². The van der Waals surface area contributed by atoms with Crippen LogP contribution in [0.25, 0.3) is 0 Å². The van der Waals surface area contributed by atoms with Crippen molar-refractivity contribution in [2.45, 2.75) is 0 Å². The van der Waals surface area contributed by atoms with E-state index in [1.54, 1.807) is 0 Å². The van der Waals surface area contributed by atoms with Crippen molar-refractivity contribution >= 4 is 5.78 Å². The zero-order valence-electron chi connectivity index (χ0n) is 6.57. The Balaban J connectivity index is 2.71. The largest absolute Gasteiger partial charge is 0.508 e. The Morgan fingerprint density at radius 2 is 2.00 bits per heavy atom. The Morgan fingerprint density at radius 1 is 1.31 bits per heavy atom. The number of carbonyl (C=O) groups is 1. The molecule has 4 heteroatoms. The Labute approximate surface area is 73.7 Å². The van der Waals surface area contributed by atoms with Crippen LogP contribution in [0, 0.1) is 0 Å². The summed E-state index contributed by atoms with van der Waals surface area (Å²) in [5.41, 5.74) is 0.0581. The first kappa shape index (κ1) is 7.67. The standard InChI is InChI=1S/C9H6O4/c1-4-9(12)8-6(11)2-5(10)3-7(8)13-4/h2-3,10-11H,1H2. The molecule has 0 aromatic heterocycles. The molecule has 0 radical (unpaired) electrons. The number of allylic oxidation sites excluding steroid dienone is 1. The van der Waals surface area contributed by atoms with Gasteiger partial charge in [-0.2, -0.15) is 0 Å². The summed E-state index contributed by atoms with van der Waals surface area (Å²) in [7, 11) is 0.